The molecule has 1 fully saturated rings. The lowest BCUT2D eigenvalue weighted by Crippen LogP contribution is -2.30. The quantitative estimate of drug-likeness (QED) is 0.422. The van der Waals surface area contributed by atoms with Gasteiger partial charge in [-0.1, -0.05) is 18.6 Å². The van der Waals surface area contributed by atoms with E-state index in [2.05, 4.69) is 4.90 Å². The summed E-state index contributed by atoms with van der Waals surface area (Å²) in [6.07, 6.45) is 6.10. The van der Waals surface area contributed by atoms with Gasteiger partial charge >= 0.3 is 0 Å². The van der Waals surface area contributed by atoms with Crippen LogP contribution in [0, 0.1) is 0 Å². The molecule has 0 aromatic heterocycles. The Bertz CT molecular complexity index is 770. The van der Waals surface area contributed by atoms with Gasteiger partial charge in [-0.3, -0.25) is 4.79 Å². The third-order valence-electron chi connectivity index (χ3n) is 5.06. The SMILES string of the molecule is Nc1ccc(C(=O)c2ccccc2OCCCCN2CCCCC2)cc1N. The van der Waals surface area contributed by atoms with E-state index < -0.39 is 0 Å². The monoisotopic (exact) mass is 367 g/mol. The predicted octanol–water partition coefficient (Wildman–Crippen LogP) is 3.73. The molecule has 1 aliphatic rings. The molecule has 2 aromatic carbocycles. The highest BCUT2D eigenvalue weighted by Gasteiger charge is 2.15. The van der Waals surface area contributed by atoms with Gasteiger partial charge in [-0.05, 0) is 75.6 Å². The van der Waals surface area contributed by atoms with Crippen molar-refractivity contribution in [2.75, 3.05) is 37.7 Å². The molecule has 5 nitrogen and oxygen atoms in total. The lowest BCUT2D eigenvalue weighted by Gasteiger charge is -2.26. The standard InChI is InChI=1S/C22H29N3O2/c23-19-11-10-17(16-20(19)24)22(26)18-8-2-3-9-21(18)27-15-7-6-14-25-12-4-1-5-13-25/h2-3,8-11,16H,1,4-7,12-15,23-24H2. The van der Waals surface area contributed by atoms with Crippen LogP contribution in [0.5, 0.6) is 5.75 Å². The average molecular weight is 367 g/mol. The van der Waals surface area contributed by atoms with Crippen LogP contribution in [0.15, 0.2) is 42.5 Å². The van der Waals surface area contributed by atoms with Gasteiger partial charge in [0.15, 0.2) is 5.78 Å². The van der Waals surface area contributed by atoms with Crippen LogP contribution < -0.4 is 16.2 Å². The number of carbonyl (C=O) groups excluding carboxylic acids is 1. The fourth-order valence-electron chi connectivity index (χ4n) is 3.45. The van der Waals surface area contributed by atoms with E-state index >= 15 is 0 Å². The summed E-state index contributed by atoms with van der Waals surface area (Å²) in [5.41, 5.74) is 13.5. The van der Waals surface area contributed by atoms with E-state index in [0.29, 0.717) is 34.9 Å². The number of carbonyl (C=O) groups is 1. The number of nitrogens with two attached hydrogens (primary N) is 2. The first-order valence-electron chi connectivity index (χ1n) is 9.79. The minimum Gasteiger partial charge on any atom is -0.493 e. The van der Waals surface area contributed by atoms with Crippen molar-refractivity contribution in [1.82, 2.24) is 4.90 Å². The molecule has 0 radical (unpaired) electrons. The minimum absolute atomic E-state index is 0.106. The Hall–Kier alpha value is -2.53. The Labute approximate surface area is 161 Å². The van der Waals surface area contributed by atoms with E-state index in [1.807, 2.05) is 18.2 Å². The number of hydrogen-bond acceptors (Lipinski definition) is 5. The maximum Gasteiger partial charge on any atom is 0.196 e. The molecule has 0 atom stereocenters. The van der Waals surface area contributed by atoms with Crippen molar-refractivity contribution in [2.45, 2.75) is 32.1 Å². The molecule has 144 valence electrons. The zero-order valence-corrected chi connectivity index (χ0v) is 15.8. The van der Waals surface area contributed by atoms with Gasteiger partial charge in [-0.25, -0.2) is 0 Å². The normalized spacial score (nSPS) is 14.8. The summed E-state index contributed by atoms with van der Waals surface area (Å²) in [7, 11) is 0. The largest absolute Gasteiger partial charge is 0.493 e. The summed E-state index contributed by atoms with van der Waals surface area (Å²) in [5, 5.41) is 0. The van der Waals surface area contributed by atoms with E-state index in [1.54, 1.807) is 24.3 Å². The molecule has 1 aliphatic heterocycles. The van der Waals surface area contributed by atoms with Crippen LogP contribution in [0.25, 0.3) is 0 Å². The van der Waals surface area contributed by atoms with Crippen molar-refractivity contribution in [1.29, 1.82) is 0 Å². The molecular formula is C22H29N3O2. The van der Waals surface area contributed by atoms with Gasteiger partial charge in [-0.15, -0.1) is 0 Å². The van der Waals surface area contributed by atoms with Crippen molar-refractivity contribution < 1.29 is 9.53 Å². The van der Waals surface area contributed by atoms with Gasteiger partial charge < -0.3 is 21.1 Å². The summed E-state index contributed by atoms with van der Waals surface area (Å²) < 4.78 is 5.93. The Morgan fingerprint density at radius 2 is 1.74 bits per heavy atom. The molecule has 27 heavy (non-hydrogen) atoms. The first-order valence-corrected chi connectivity index (χ1v) is 9.79. The van der Waals surface area contributed by atoms with Crippen molar-refractivity contribution >= 4 is 17.2 Å². The zero-order valence-electron chi connectivity index (χ0n) is 15.8. The van der Waals surface area contributed by atoms with Crippen molar-refractivity contribution in [2.24, 2.45) is 0 Å². The molecular weight excluding hydrogens is 338 g/mol. The third kappa shape index (κ3) is 5.23. The fraction of sp³-hybridized carbons (Fsp3) is 0.409. The zero-order chi connectivity index (χ0) is 19.1. The molecule has 0 bridgehead atoms. The van der Waals surface area contributed by atoms with Crippen molar-refractivity contribution in [3.8, 4) is 5.75 Å². The Kier molecular flexibility index (Phi) is 6.71. The van der Waals surface area contributed by atoms with Crippen LogP contribution in [0.4, 0.5) is 11.4 Å². The van der Waals surface area contributed by atoms with Gasteiger partial charge in [0.2, 0.25) is 0 Å². The molecule has 0 amide bonds. The molecule has 0 saturated carbocycles. The maximum absolute atomic E-state index is 12.8. The number of hydrogen-bond donors (Lipinski definition) is 2. The van der Waals surface area contributed by atoms with Crippen molar-refractivity contribution in [3.05, 3.63) is 53.6 Å². The van der Waals surface area contributed by atoms with Crippen LogP contribution in [0.1, 0.15) is 48.0 Å². The lowest BCUT2D eigenvalue weighted by atomic mass is 10.0. The molecule has 4 N–H and O–H groups in total. The number of piperidine rings is 1. The van der Waals surface area contributed by atoms with Crippen LogP contribution in [0.2, 0.25) is 0 Å². The second-order valence-corrected chi connectivity index (χ2v) is 7.13. The summed E-state index contributed by atoms with van der Waals surface area (Å²) in [6.45, 7) is 4.20. The number of nitrogen functional groups attached to an aromatic ring is 2. The fourth-order valence-corrected chi connectivity index (χ4v) is 3.45. The van der Waals surface area contributed by atoms with Crippen LogP contribution in [-0.2, 0) is 0 Å². The topological polar surface area (TPSA) is 81.6 Å². The highest BCUT2D eigenvalue weighted by Crippen LogP contribution is 2.24. The van der Waals surface area contributed by atoms with Gasteiger partial charge in [0.1, 0.15) is 5.75 Å². The molecule has 1 heterocycles. The van der Waals surface area contributed by atoms with Crippen LogP contribution >= 0.6 is 0 Å². The predicted molar refractivity (Wildman–Crippen MR) is 110 cm³/mol. The lowest BCUT2D eigenvalue weighted by molar-refractivity contribution is 0.103. The van der Waals surface area contributed by atoms with Crippen LogP contribution in [0.3, 0.4) is 0 Å². The maximum atomic E-state index is 12.8. The second kappa shape index (κ2) is 9.42. The number of likely N-dealkylation sites (tertiary alicyclic amines) is 1. The average Bonchev–Trinajstić information content (AvgIpc) is 2.70. The number of rotatable bonds is 8. The number of unbranched alkanes of at least 4 members (excludes halogenated alkanes) is 1. The number of anilines is 2. The van der Waals surface area contributed by atoms with E-state index in [-0.39, 0.29) is 5.78 Å². The van der Waals surface area contributed by atoms with Gasteiger partial charge in [0.25, 0.3) is 0 Å². The van der Waals surface area contributed by atoms with Crippen LogP contribution in [-0.4, -0.2) is 36.9 Å². The van der Waals surface area contributed by atoms with E-state index in [1.165, 1.54) is 32.4 Å². The Morgan fingerprint density at radius 1 is 0.963 bits per heavy atom. The van der Waals surface area contributed by atoms with Gasteiger partial charge in [-0.2, -0.15) is 0 Å². The minimum atomic E-state index is -0.106. The second-order valence-electron chi connectivity index (χ2n) is 7.13. The number of para-hydroxylation sites is 1. The molecule has 2 aromatic rings. The molecule has 0 aliphatic carbocycles. The molecule has 0 spiro atoms. The number of ether oxygens (including phenoxy) is 1. The number of benzene rings is 2. The number of ketones is 1. The smallest absolute Gasteiger partial charge is 0.196 e. The first kappa shape index (κ1) is 19.2. The Balaban J connectivity index is 1.55. The first-order chi connectivity index (χ1) is 13.1. The summed E-state index contributed by atoms with van der Waals surface area (Å²) in [6, 6.07) is 12.3. The molecule has 1 saturated heterocycles. The summed E-state index contributed by atoms with van der Waals surface area (Å²) >= 11 is 0. The van der Waals surface area contributed by atoms with Crippen molar-refractivity contribution in [3.63, 3.8) is 0 Å². The highest BCUT2D eigenvalue weighted by molar-refractivity contribution is 6.11. The van der Waals surface area contributed by atoms with E-state index in [4.69, 9.17) is 16.2 Å². The highest BCUT2D eigenvalue weighted by atomic mass is 16.5. The summed E-state index contributed by atoms with van der Waals surface area (Å²) in [4.78, 5) is 15.4. The Morgan fingerprint density at radius 3 is 2.52 bits per heavy atom. The summed E-state index contributed by atoms with van der Waals surface area (Å²) in [5.74, 6) is 0.515. The molecule has 3 rings (SSSR count). The van der Waals surface area contributed by atoms with E-state index in [0.717, 1.165) is 19.4 Å². The van der Waals surface area contributed by atoms with E-state index in [9.17, 15) is 4.79 Å². The van der Waals surface area contributed by atoms with Gasteiger partial charge in [0.05, 0.1) is 23.5 Å². The molecule has 0 unspecified atom stereocenters. The van der Waals surface area contributed by atoms with Gasteiger partial charge in [0, 0.05) is 5.56 Å². The third-order valence-corrected chi connectivity index (χ3v) is 5.06. The number of nitrogens with zero attached hydrogens (tertiary/aromatic N) is 1. The molecule has 5 heteroatoms.